The Labute approximate surface area is 128 Å². The van der Waals surface area contributed by atoms with Crippen LogP contribution in [0.1, 0.15) is 57.6 Å². The van der Waals surface area contributed by atoms with E-state index in [4.69, 9.17) is 5.73 Å². The van der Waals surface area contributed by atoms with Gasteiger partial charge in [-0.15, -0.1) is 0 Å². The van der Waals surface area contributed by atoms with Gasteiger partial charge in [-0.3, -0.25) is 0 Å². The largest absolute Gasteiger partial charge is 0.324 e. The molecule has 1 atom stereocenters. The minimum atomic E-state index is -3.43. The molecule has 0 aromatic heterocycles. The fraction of sp³-hybridized carbons (Fsp3) is 0.625. The second-order valence-electron chi connectivity index (χ2n) is 6.24. The van der Waals surface area contributed by atoms with Crippen LogP contribution >= 0.6 is 0 Å². The standard InChI is InChI=1S/C16H26N2O2S/c1-3-16(10-4-5-11-16)12-18-21(19,20)15-8-6-14(7-9-15)13(2)17/h6-9,13,18H,3-5,10-12,17H2,1-2H3. The van der Waals surface area contributed by atoms with Crippen molar-refractivity contribution in [1.29, 1.82) is 0 Å². The van der Waals surface area contributed by atoms with Gasteiger partial charge in [0, 0.05) is 12.6 Å². The predicted octanol–water partition coefficient (Wildman–Crippen LogP) is 2.96. The van der Waals surface area contributed by atoms with Crippen LogP contribution in [-0.2, 0) is 10.0 Å². The van der Waals surface area contributed by atoms with Crippen LogP contribution in [-0.4, -0.2) is 15.0 Å². The average Bonchev–Trinajstić information content (AvgIpc) is 2.95. The van der Waals surface area contributed by atoms with Crippen LogP contribution in [0.15, 0.2) is 29.2 Å². The van der Waals surface area contributed by atoms with E-state index in [1.54, 1.807) is 24.3 Å². The fourth-order valence-corrected chi connectivity index (χ4v) is 4.22. The molecular formula is C16H26N2O2S. The number of hydrogen-bond acceptors (Lipinski definition) is 3. The molecule has 0 heterocycles. The van der Waals surface area contributed by atoms with Gasteiger partial charge in [-0.25, -0.2) is 13.1 Å². The highest BCUT2D eigenvalue weighted by Crippen LogP contribution is 2.40. The average molecular weight is 310 g/mol. The maximum absolute atomic E-state index is 12.4. The molecule has 1 aliphatic rings. The molecule has 118 valence electrons. The van der Waals surface area contributed by atoms with Crippen molar-refractivity contribution in [2.75, 3.05) is 6.54 Å². The van der Waals surface area contributed by atoms with Crippen LogP contribution < -0.4 is 10.5 Å². The Hall–Kier alpha value is -0.910. The van der Waals surface area contributed by atoms with E-state index in [2.05, 4.69) is 11.6 Å². The highest BCUT2D eigenvalue weighted by atomic mass is 32.2. The van der Waals surface area contributed by atoms with E-state index in [1.807, 2.05) is 6.92 Å². The van der Waals surface area contributed by atoms with Gasteiger partial charge in [-0.05, 0) is 49.3 Å². The number of nitrogens with one attached hydrogen (secondary N) is 1. The molecule has 1 aliphatic carbocycles. The van der Waals surface area contributed by atoms with Crippen molar-refractivity contribution in [2.45, 2.75) is 56.9 Å². The van der Waals surface area contributed by atoms with E-state index < -0.39 is 10.0 Å². The van der Waals surface area contributed by atoms with Crippen molar-refractivity contribution in [3.63, 3.8) is 0 Å². The Balaban J connectivity index is 2.07. The van der Waals surface area contributed by atoms with Crippen molar-refractivity contribution in [3.05, 3.63) is 29.8 Å². The molecule has 1 aromatic carbocycles. The fourth-order valence-electron chi connectivity index (χ4n) is 3.06. The van der Waals surface area contributed by atoms with E-state index in [0.717, 1.165) is 24.8 Å². The summed E-state index contributed by atoms with van der Waals surface area (Å²) < 4.78 is 27.6. The SMILES string of the molecule is CCC1(CNS(=O)(=O)c2ccc(C(C)N)cc2)CCCC1. The summed E-state index contributed by atoms with van der Waals surface area (Å²) in [6.45, 7) is 4.57. The maximum Gasteiger partial charge on any atom is 0.240 e. The Kier molecular flexibility index (Phi) is 5.07. The second-order valence-corrected chi connectivity index (χ2v) is 8.01. The normalized spacial score (nSPS) is 19.6. The zero-order valence-corrected chi connectivity index (χ0v) is 13.7. The number of rotatable bonds is 6. The predicted molar refractivity (Wildman–Crippen MR) is 85.4 cm³/mol. The zero-order chi connectivity index (χ0) is 15.5. The second kappa shape index (κ2) is 6.46. The molecule has 21 heavy (non-hydrogen) atoms. The van der Waals surface area contributed by atoms with Crippen molar-refractivity contribution in [1.82, 2.24) is 4.72 Å². The van der Waals surface area contributed by atoms with Crippen molar-refractivity contribution >= 4 is 10.0 Å². The van der Waals surface area contributed by atoms with Gasteiger partial charge >= 0.3 is 0 Å². The van der Waals surface area contributed by atoms with Gasteiger partial charge < -0.3 is 5.73 Å². The Morgan fingerprint density at radius 2 is 1.81 bits per heavy atom. The highest BCUT2D eigenvalue weighted by molar-refractivity contribution is 7.89. The van der Waals surface area contributed by atoms with Crippen molar-refractivity contribution in [3.8, 4) is 0 Å². The molecule has 0 aliphatic heterocycles. The molecule has 2 rings (SSSR count). The molecule has 3 N–H and O–H groups in total. The Bertz CT molecular complexity index is 558. The van der Waals surface area contributed by atoms with Crippen molar-refractivity contribution < 1.29 is 8.42 Å². The van der Waals surface area contributed by atoms with Gasteiger partial charge in [-0.1, -0.05) is 31.9 Å². The lowest BCUT2D eigenvalue weighted by atomic mass is 9.84. The molecule has 1 unspecified atom stereocenters. The first-order chi connectivity index (χ1) is 9.88. The summed E-state index contributed by atoms with van der Waals surface area (Å²) in [6.07, 6.45) is 5.68. The smallest absolute Gasteiger partial charge is 0.240 e. The van der Waals surface area contributed by atoms with Crippen molar-refractivity contribution in [2.24, 2.45) is 11.1 Å². The van der Waals surface area contributed by atoms with Gasteiger partial charge in [0.2, 0.25) is 10.0 Å². The first-order valence-corrected chi connectivity index (χ1v) is 9.22. The van der Waals surface area contributed by atoms with E-state index >= 15 is 0 Å². The summed E-state index contributed by atoms with van der Waals surface area (Å²) >= 11 is 0. The van der Waals surface area contributed by atoms with Crippen LogP contribution in [0.4, 0.5) is 0 Å². The topological polar surface area (TPSA) is 72.2 Å². The summed E-state index contributed by atoms with van der Waals surface area (Å²) in [4.78, 5) is 0.316. The molecule has 1 fully saturated rings. The van der Waals surface area contributed by atoms with Gasteiger partial charge in [0.25, 0.3) is 0 Å². The summed E-state index contributed by atoms with van der Waals surface area (Å²) in [7, 11) is -3.43. The summed E-state index contributed by atoms with van der Waals surface area (Å²) in [5.41, 5.74) is 6.88. The maximum atomic E-state index is 12.4. The molecule has 1 aromatic rings. The van der Waals surface area contributed by atoms with E-state index in [9.17, 15) is 8.42 Å². The number of sulfonamides is 1. The first-order valence-electron chi connectivity index (χ1n) is 7.74. The Morgan fingerprint density at radius 1 is 1.24 bits per heavy atom. The molecule has 0 radical (unpaired) electrons. The van der Waals surface area contributed by atoms with Crippen LogP contribution in [0.25, 0.3) is 0 Å². The minimum absolute atomic E-state index is 0.0865. The first kappa shape index (κ1) is 16.5. The van der Waals surface area contributed by atoms with Crippen LogP contribution in [0, 0.1) is 5.41 Å². The van der Waals surface area contributed by atoms with Gasteiger partial charge in [0.1, 0.15) is 0 Å². The minimum Gasteiger partial charge on any atom is -0.324 e. The highest BCUT2D eigenvalue weighted by Gasteiger charge is 2.33. The quantitative estimate of drug-likeness (QED) is 0.848. The molecule has 4 nitrogen and oxygen atoms in total. The summed E-state index contributed by atoms with van der Waals surface area (Å²) in [5, 5.41) is 0. The van der Waals surface area contributed by atoms with Gasteiger partial charge in [0.05, 0.1) is 4.90 Å². The molecule has 1 saturated carbocycles. The third-order valence-corrected chi connectivity index (χ3v) is 6.18. The molecule has 0 amide bonds. The van der Waals surface area contributed by atoms with Gasteiger partial charge in [0.15, 0.2) is 0 Å². The summed E-state index contributed by atoms with van der Waals surface area (Å²) in [6, 6.07) is 6.74. The third kappa shape index (κ3) is 3.84. The molecule has 0 saturated heterocycles. The van der Waals surface area contributed by atoms with Crippen LogP contribution in [0.3, 0.4) is 0 Å². The lowest BCUT2D eigenvalue weighted by molar-refractivity contribution is 0.285. The molecular weight excluding hydrogens is 284 g/mol. The number of benzene rings is 1. The molecule has 0 spiro atoms. The van der Waals surface area contributed by atoms with E-state index in [0.29, 0.717) is 11.4 Å². The number of hydrogen-bond donors (Lipinski definition) is 2. The van der Waals surface area contributed by atoms with Gasteiger partial charge in [-0.2, -0.15) is 0 Å². The lowest BCUT2D eigenvalue weighted by Crippen LogP contribution is -2.35. The molecule has 5 heteroatoms. The third-order valence-electron chi connectivity index (χ3n) is 4.77. The van der Waals surface area contributed by atoms with Crippen LogP contribution in [0.2, 0.25) is 0 Å². The van der Waals surface area contributed by atoms with E-state index in [1.165, 1.54) is 12.8 Å². The monoisotopic (exact) mass is 310 g/mol. The van der Waals surface area contributed by atoms with Crippen LogP contribution in [0.5, 0.6) is 0 Å². The lowest BCUT2D eigenvalue weighted by Gasteiger charge is -2.27. The zero-order valence-electron chi connectivity index (χ0n) is 12.9. The molecule has 0 bridgehead atoms. The Morgan fingerprint density at radius 3 is 2.29 bits per heavy atom. The van der Waals surface area contributed by atoms with E-state index in [-0.39, 0.29) is 11.5 Å². The summed E-state index contributed by atoms with van der Waals surface area (Å²) in [5.74, 6) is 0. The number of nitrogens with two attached hydrogens (primary N) is 1.